The Morgan fingerprint density at radius 1 is 1.00 bits per heavy atom. The van der Waals surface area contributed by atoms with Gasteiger partial charge in [-0.2, -0.15) is 13.2 Å². The highest BCUT2D eigenvalue weighted by molar-refractivity contribution is 4.84. The van der Waals surface area contributed by atoms with Gasteiger partial charge in [0.25, 0.3) is 0 Å². The van der Waals surface area contributed by atoms with Crippen molar-refractivity contribution in [1.29, 1.82) is 0 Å². The average Bonchev–Trinajstić information content (AvgIpc) is 2.69. The van der Waals surface area contributed by atoms with Crippen LogP contribution in [0.15, 0.2) is 0 Å². The number of nitrogens with one attached hydrogen (secondary N) is 1. The van der Waals surface area contributed by atoms with Crippen molar-refractivity contribution in [3.05, 3.63) is 0 Å². The Labute approximate surface area is 106 Å². The summed E-state index contributed by atoms with van der Waals surface area (Å²) in [4.78, 5) is 3.88. The molecule has 1 N–H and O–H groups in total. The molecule has 1 unspecified atom stereocenters. The number of nitrogens with zero attached hydrogens (tertiary/aromatic N) is 2. The molecule has 2 heterocycles. The van der Waals surface area contributed by atoms with Crippen LogP contribution in [0.1, 0.15) is 19.3 Å². The normalized spacial score (nSPS) is 28.5. The molecule has 0 amide bonds. The Bertz CT molecular complexity index is 251. The molecule has 0 radical (unpaired) electrons. The Balaban J connectivity index is 1.88. The molecule has 2 fully saturated rings. The zero-order chi connectivity index (χ0) is 13.0. The smallest absolute Gasteiger partial charge is 0.315 e. The van der Waals surface area contributed by atoms with Crippen LogP contribution in [0.25, 0.3) is 0 Å². The van der Waals surface area contributed by atoms with Gasteiger partial charge in [-0.15, -0.1) is 0 Å². The van der Waals surface area contributed by atoms with Crippen LogP contribution in [0.4, 0.5) is 13.2 Å². The molecule has 6 heteroatoms. The van der Waals surface area contributed by atoms with Crippen LogP contribution in [0.5, 0.6) is 0 Å². The highest BCUT2D eigenvalue weighted by Gasteiger charge is 2.43. The van der Waals surface area contributed by atoms with Gasteiger partial charge in [0.2, 0.25) is 0 Å². The first-order chi connectivity index (χ1) is 8.57. The summed E-state index contributed by atoms with van der Waals surface area (Å²) in [6, 6.07) is -1.32. The lowest BCUT2D eigenvalue weighted by molar-refractivity contribution is -0.181. The van der Waals surface area contributed by atoms with Crippen molar-refractivity contribution in [2.24, 2.45) is 0 Å². The molecular weight excluding hydrogens is 243 g/mol. The minimum atomic E-state index is -4.12. The van der Waals surface area contributed by atoms with E-state index in [1.807, 2.05) is 0 Å². The highest BCUT2D eigenvalue weighted by atomic mass is 19.4. The standard InChI is InChI=1S/C12H22F3N3/c13-12(14,15)11-10-16-4-3-7-18(11)9-8-17-5-1-2-6-17/h11,16H,1-10H2. The fraction of sp³-hybridized carbons (Fsp3) is 1.00. The van der Waals surface area contributed by atoms with Gasteiger partial charge in [-0.05, 0) is 38.9 Å². The first kappa shape index (κ1) is 14.1. The predicted octanol–water partition coefficient (Wildman–Crippen LogP) is 1.31. The van der Waals surface area contributed by atoms with Crippen molar-refractivity contribution in [3.63, 3.8) is 0 Å². The molecule has 3 nitrogen and oxygen atoms in total. The van der Waals surface area contributed by atoms with E-state index in [2.05, 4.69) is 10.2 Å². The molecule has 18 heavy (non-hydrogen) atoms. The lowest BCUT2D eigenvalue weighted by Crippen LogP contribution is -2.51. The Kier molecular flexibility index (Phi) is 4.86. The van der Waals surface area contributed by atoms with Gasteiger partial charge in [-0.25, -0.2) is 0 Å². The SMILES string of the molecule is FC(F)(F)C1CNCCCN1CCN1CCCC1. The first-order valence-electron chi connectivity index (χ1n) is 6.81. The summed E-state index contributed by atoms with van der Waals surface area (Å²) >= 11 is 0. The fourth-order valence-corrected chi connectivity index (χ4v) is 2.80. The topological polar surface area (TPSA) is 18.5 Å². The predicted molar refractivity (Wildman–Crippen MR) is 64.6 cm³/mol. The summed E-state index contributed by atoms with van der Waals surface area (Å²) in [5, 5.41) is 2.89. The van der Waals surface area contributed by atoms with E-state index in [9.17, 15) is 13.2 Å². The number of hydrogen-bond donors (Lipinski definition) is 1. The van der Waals surface area contributed by atoms with E-state index in [0.29, 0.717) is 19.6 Å². The molecule has 0 aromatic carbocycles. The fourth-order valence-electron chi connectivity index (χ4n) is 2.80. The van der Waals surface area contributed by atoms with Gasteiger partial charge >= 0.3 is 6.18 Å². The van der Waals surface area contributed by atoms with Crippen LogP contribution >= 0.6 is 0 Å². The molecular formula is C12H22F3N3. The maximum absolute atomic E-state index is 13.0. The van der Waals surface area contributed by atoms with E-state index in [1.54, 1.807) is 4.90 Å². The van der Waals surface area contributed by atoms with Crippen molar-refractivity contribution in [1.82, 2.24) is 15.1 Å². The summed E-state index contributed by atoms with van der Waals surface area (Å²) in [6.07, 6.45) is -0.955. The molecule has 1 atom stereocenters. The molecule has 2 aliphatic heterocycles. The minimum absolute atomic E-state index is 0.0312. The number of alkyl halides is 3. The lowest BCUT2D eigenvalue weighted by Gasteiger charge is -2.32. The third kappa shape index (κ3) is 3.83. The van der Waals surface area contributed by atoms with Crippen molar-refractivity contribution in [2.75, 3.05) is 45.8 Å². The molecule has 106 valence electrons. The van der Waals surface area contributed by atoms with Crippen LogP contribution in [0.3, 0.4) is 0 Å². The molecule has 2 aliphatic rings. The van der Waals surface area contributed by atoms with Crippen molar-refractivity contribution in [2.45, 2.75) is 31.5 Å². The molecule has 0 aromatic heterocycles. The van der Waals surface area contributed by atoms with Crippen molar-refractivity contribution >= 4 is 0 Å². The molecule has 0 spiro atoms. The first-order valence-corrected chi connectivity index (χ1v) is 6.81. The van der Waals surface area contributed by atoms with Gasteiger partial charge in [0, 0.05) is 26.2 Å². The summed E-state index contributed by atoms with van der Waals surface area (Å²) < 4.78 is 38.9. The lowest BCUT2D eigenvalue weighted by atomic mass is 10.2. The molecule has 0 aliphatic carbocycles. The van der Waals surface area contributed by atoms with Gasteiger partial charge in [0.1, 0.15) is 6.04 Å². The van der Waals surface area contributed by atoms with Gasteiger partial charge in [0.15, 0.2) is 0 Å². The van der Waals surface area contributed by atoms with Crippen LogP contribution in [-0.2, 0) is 0 Å². The van der Waals surface area contributed by atoms with E-state index in [0.717, 1.165) is 26.1 Å². The third-order valence-electron chi connectivity index (χ3n) is 3.86. The third-order valence-corrected chi connectivity index (χ3v) is 3.86. The van der Waals surface area contributed by atoms with E-state index in [4.69, 9.17) is 0 Å². The van der Waals surface area contributed by atoms with Crippen LogP contribution in [0.2, 0.25) is 0 Å². The van der Waals surface area contributed by atoms with Gasteiger partial charge in [-0.1, -0.05) is 0 Å². The van der Waals surface area contributed by atoms with Crippen molar-refractivity contribution in [3.8, 4) is 0 Å². The summed E-state index contributed by atoms with van der Waals surface area (Å²) in [7, 11) is 0. The van der Waals surface area contributed by atoms with E-state index < -0.39 is 12.2 Å². The van der Waals surface area contributed by atoms with Gasteiger partial charge in [-0.3, -0.25) is 4.90 Å². The second-order valence-electron chi connectivity index (χ2n) is 5.20. The second kappa shape index (κ2) is 6.21. The maximum atomic E-state index is 13.0. The average molecular weight is 265 g/mol. The molecule has 0 bridgehead atoms. The largest absolute Gasteiger partial charge is 0.405 e. The van der Waals surface area contributed by atoms with E-state index >= 15 is 0 Å². The summed E-state index contributed by atoms with van der Waals surface area (Å²) in [6.45, 7) is 4.66. The Morgan fingerprint density at radius 2 is 1.72 bits per heavy atom. The quantitative estimate of drug-likeness (QED) is 0.830. The monoisotopic (exact) mass is 265 g/mol. The minimum Gasteiger partial charge on any atom is -0.315 e. The zero-order valence-electron chi connectivity index (χ0n) is 10.7. The van der Waals surface area contributed by atoms with Gasteiger partial charge in [0.05, 0.1) is 0 Å². The molecule has 2 rings (SSSR count). The highest BCUT2D eigenvalue weighted by Crippen LogP contribution is 2.25. The zero-order valence-corrected chi connectivity index (χ0v) is 10.7. The number of halogens is 3. The summed E-state index contributed by atoms with van der Waals surface area (Å²) in [5.74, 6) is 0. The van der Waals surface area contributed by atoms with E-state index in [-0.39, 0.29) is 6.54 Å². The van der Waals surface area contributed by atoms with E-state index in [1.165, 1.54) is 12.8 Å². The molecule has 2 saturated heterocycles. The number of likely N-dealkylation sites (tertiary alicyclic amines) is 1. The number of rotatable bonds is 3. The van der Waals surface area contributed by atoms with Crippen LogP contribution in [0, 0.1) is 0 Å². The molecule has 0 saturated carbocycles. The summed E-state index contributed by atoms with van der Waals surface area (Å²) in [5.41, 5.74) is 0. The van der Waals surface area contributed by atoms with Crippen LogP contribution < -0.4 is 5.32 Å². The maximum Gasteiger partial charge on any atom is 0.405 e. The van der Waals surface area contributed by atoms with Crippen molar-refractivity contribution < 1.29 is 13.2 Å². The van der Waals surface area contributed by atoms with Crippen LogP contribution in [-0.4, -0.2) is 67.8 Å². The Hall–Kier alpha value is -0.330. The Morgan fingerprint density at radius 3 is 2.39 bits per heavy atom. The van der Waals surface area contributed by atoms with Gasteiger partial charge < -0.3 is 10.2 Å². The second-order valence-corrected chi connectivity index (χ2v) is 5.20. The molecule has 0 aromatic rings. The number of hydrogen-bond acceptors (Lipinski definition) is 3.